The first-order valence-electron chi connectivity index (χ1n) is 5.53. The molecule has 18 heavy (non-hydrogen) atoms. The van der Waals surface area contributed by atoms with Crippen molar-refractivity contribution >= 4 is 28.3 Å². The molecule has 0 saturated carbocycles. The Hall–Kier alpha value is -1.74. The molecule has 2 aromatic rings. The smallest absolute Gasteiger partial charge is 0.310 e. The van der Waals surface area contributed by atoms with Crippen LogP contribution in [0.15, 0.2) is 30.3 Å². The number of benzene rings is 2. The summed E-state index contributed by atoms with van der Waals surface area (Å²) >= 11 is 5.94. The summed E-state index contributed by atoms with van der Waals surface area (Å²) in [6.45, 7) is 1.64. The topological polar surface area (TPSA) is 46.5 Å². The van der Waals surface area contributed by atoms with Crippen molar-refractivity contribution in [2.24, 2.45) is 0 Å². The highest BCUT2D eigenvalue weighted by Crippen LogP contribution is 2.32. The van der Waals surface area contributed by atoms with Gasteiger partial charge in [0.2, 0.25) is 0 Å². The van der Waals surface area contributed by atoms with Crippen molar-refractivity contribution in [2.45, 2.75) is 12.8 Å². The number of hydrogen-bond donors (Lipinski definition) is 1. The molecule has 94 valence electrons. The second-order valence-corrected chi connectivity index (χ2v) is 4.58. The maximum absolute atomic E-state index is 11.1. The van der Waals surface area contributed by atoms with Crippen molar-refractivity contribution in [2.75, 3.05) is 7.11 Å². The van der Waals surface area contributed by atoms with Gasteiger partial charge in [-0.3, -0.25) is 4.79 Å². The van der Waals surface area contributed by atoms with Gasteiger partial charge in [-0.05, 0) is 42.0 Å². The van der Waals surface area contributed by atoms with Gasteiger partial charge in [-0.15, -0.1) is 0 Å². The molecule has 2 aromatic carbocycles. The Morgan fingerprint density at radius 2 is 2.00 bits per heavy atom. The fraction of sp³-hybridized carbons (Fsp3) is 0.214. The van der Waals surface area contributed by atoms with Crippen LogP contribution in [-0.4, -0.2) is 18.2 Å². The third-order valence-electron chi connectivity index (χ3n) is 2.99. The van der Waals surface area contributed by atoms with Gasteiger partial charge in [0, 0.05) is 10.6 Å². The predicted molar refractivity (Wildman–Crippen MR) is 71.6 cm³/mol. The first-order chi connectivity index (χ1) is 8.52. The fourth-order valence-corrected chi connectivity index (χ4v) is 2.09. The highest BCUT2D eigenvalue weighted by atomic mass is 35.5. The van der Waals surface area contributed by atoms with Gasteiger partial charge in [0.15, 0.2) is 0 Å². The van der Waals surface area contributed by atoms with Crippen LogP contribution in [0.25, 0.3) is 10.8 Å². The quantitative estimate of drug-likeness (QED) is 0.920. The normalized spacial score (nSPS) is 12.4. The van der Waals surface area contributed by atoms with Crippen molar-refractivity contribution in [3.63, 3.8) is 0 Å². The third-order valence-corrected chi connectivity index (χ3v) is 3.22. The fourth-order valence-electron chi connectivity index (χ4n) is 1.91. The minimum atomic E-state index is -0.880. The van der Waals surface area contributed by atoms with E-state index in [0.29, 0.717) is 16.3 Å². The Bertz CT molecular complexity index is 607. The molecule has 0 radical (unpaired) electrons. The number of carbonyl (C=O) groups is 1. The Balaban J connectivity index is 2.67. The van der Waals surface area contributed by atoms with Crippen LogP contribution < -0.4 is 4.74 Å². The van der Waals surface area contributed by atoms with E-state index < -0.39 is 11.9 Å². The number of ether oxygens (including phenoxy) is 1. The number of rotatable bonds is 3. The van der Waals surface area contributed by atoms with Crippen molar-refractivity contribution in [1.82, 2.24) is 0 Å². The van der Waals surface area contributed by atoms with E-state index in [1.807, 2.05) is 24.3 Å². The summed E-state index contributed by atoms with van der Waals surface area (Å²) in [5, 5.41) is 11.6. The molecule has 1 N–H and O–H groups in total. The maximum Gasteiger partial charge on any atom is 0.310 e. The van der Waals surface area contributed by atoms with E-state index >= 15 is 0 Å². The van der Waals surface area contributed by atoms with Gasteiger partial charge in [-0.1, -0.05) is 17.7 Å². The van der Waals surface area contributed by atoms with E-state index in [4.69, 9.17) is 21.4 Å². The molecule has 0 bridgehead atoms. The van der Waals surface area contributed by atoms with E-state index in [1.54, 1.807) is 13.0 Å². The van der Waals surface area contributed by atoms with E-state index in [-0.39, 0.29) is 0 Å². The average Bonchev–Trinajstić information content (AvgIpc) is 2.36. The highest BCUT2D eigenvalue weighted by Gasteiger charge is 2.18. The molecule has 0 spiro atoms. The van der Waals surface area contributed by atoms with E-state index in [0.717, 1.165) is 10.8 Å². The van der Waals surface area contributed by atoms with Gasteiger partial charge < -0.3 is 9.84 Å². The van der Waals surface area contributed by atoms with Gasteiger partial charge in [-0.25, -0.2) is 0 Å². The van der Waals surface area contributed by atoms with E-state index in [1.165, 1.54) is 7.11 Å². The van der Waals surface area contributed by atoms with Crippen LogP contribution in [0.1, 0.15) is 18.4 Å². The number of halogens is 1. The number of fused-ring (bicyclic) bond motifs is 1. The molecule has 1 atom stereocenters. The summed E-state index contributed by atoms with van der Waals surface area (Å²) in [7, 11) is 1.54. The molecule has 3 nitrogen and oxygen atoms in total. The summed E-state index contributed by atoms with van der Waals surface area (Å²) in [4.78, 5) is 11.1. The molecular formula is C14H13ClO3. The lowest BCUT2D eigenvalue weighted by atomic mass is 9.96. The molecule has 1 unspecified atom stereocenters. The van der Waals surface area contributed by atoms with E-state index in [2.05, 4.69) is 0 Å². The van der Waals surface area contributed by atoms with Crippen LogP contribution in [0.2, 0.25) is 5.02 Å². The van der Waals surface area contributed by atoms with Crippen molar-refractivity contribution in [3.8, 4) is 5.75 Å². The number of hydrogen-bond acceptors (Lipinski definition) is 2. The van der Waals surface area contributed by atoms with Crippen LogP contribution in [-0.2, 0) is 4.79 Å². The van der Waals surface area contributed by atoms with Crippen molar-refractivity contribution in [1.29, 1.82) is 0 Å². The minimum absolute atomic E-state index is 0.583. The van der Waals surface area contributed by atoms with Gasteiger partial charge >= 0.3 is 5.97 Å². The summed E-state index contributed by atoms with van der Waals surface area (Å²) < 4.78 is 5.26. The first kappa shape index (κ1) is 12.7. The van der Waals surface area contributed by atoms with Crippen LogP contribution in [0.5, 0.6) is 5.75 Å². The molecule has 2 rings (SSSR count). The monoisotopic (exact) mass is 264 g/mol. The van der Waals surface area contributed by atoms with Gasteiger partial charge in [0.25, 0.3) is 0 Å². The Morgan fingerprint density at radius 3 is 2.61 bits per heavy atom. The Morgan fingerprint density at radius 1 is 1.28 bits per heavy atom. The second-order valence-electron chi connectivity index (χ2n) is 4.15. The summed E-state index contributed by atoms with van der Waals surface area (Å²) in [6.07, 6.45) is 0. The molecule has 0 aromatic heterocycles. The molecule has 4 heteroatoms. The van der Waals surface area contributed by atoms with E-state index in [9.17, 15) is 4.79 Å². The van der Waals surface area contributed by atoms with Crippen LogP contribution in [0.4, 0.5) is 0 Å². The lowest BCUT2D eigenvalue weighted by molar-refractivity contribution is -0.138. The maximum atomic E-state index is 11.1. The lowest BCUT2D eigenvalue weighted by Gasteiger charge is -2.13. The van der Waals surface area contributed by atoms with Gasteiger partial charge in [0.05, 0.1) is 13.0 Å². The van der Waals surface area contributed by atoms with Crippen LogP contribution in [0.3, 0.4) is 0 Å². The summed E-state index contributed by atoms with van der Waals surface area (Å²) in [5.74, 6) is -0.919. The first-order valence-corrected chi connectivity index (χ1v) is 5.90. The Labute approximate surface area is 110 Å². The lowest BCUT2D eigenvalue weighted by Crippen LogP contribution is -2.08. The number of aliphatic carboxylic acids is 1. The molecule has 0 aliphatic rings. The molecular weight excluding hydrogens is 252 g/mol. The number of carboxylic acid groups (broad SMARTS) is 1. The van der Waals surface area contributed by atoms with Crippen LogP contribution >= 0.6 is 11.6 Å². The number of carboxylic acids is 1. The SMILES string of the molecule is COc1cc2ccc(Cl)cc2cc1C(C)C(=O)O. The zero-order valence-electron chi connectivity index (χ0n) is 10.1. The average molecular weight is 265 g/mol. The van der Waals surface area contributed by atoms with Gasteiger partial charge in [0.1, 0.15) is 5.75 Å². The molecule has 0 fully saturated rings. The van der Waals surface area contributed by atoms with Crippen LogP contribution in [0, 0.1) is 0 Å². The van der Waals surface area contributed by atoms with Gasteiger partial charge in [-0.2, -0.15) is 0 Å². The number of methoxy groups -OCH3 is 1. The van der Waals surface area contributed by atoms with Crippen molar-refractivity contribution < 1.29 is 14.6 Å². The Kier molecular flexibility index (Phi) is 3.43. The molecule has 0 saturated heterocycles. The summed E-state index contributed by atoms with van der Waals surface area (Å²) in [6, 6.07) is 9.15. The second kappa shape index (κ2) is 4.86. The highest BCUT2D eigenvalue weighted by molar-refractivity contribution is 6.31. The standard InChI is InChI=1S/C14H13ClO3/c1-8(14(16)17)12-6-10-5-11(15)4-3-9(10)7-13(12)18-2/h3-8H,1-2H3,(H,16,17). The zero-order valence-corrected chi connectivity index (χ0v) is 10.9. The van der Waals surface area contributed by atoms with Crippen molar-refractivity contribution in [3.05, 3.63) is 40.9 Å². The largest absolute Gasteiger partial charge is 0.496 e. The summed E-state index contributed by atoms with van der Waals surface area (Å²) in [5.41, 5.74) is 0.653. The predicted octanol–water partition coefficient (Wildman–Crippen LogP) is 3.69. The molecule has 0 heterocycles. The third kappa shape index (κ3) is 2.27. The minimum Gasteiger partial charge on any atom is -0.496 e. The molecule has 0 aliphatic carbocycles. The molecule has 0 aliphatic heterocycles. The molecule has 0 amide bonds. The zero-order chi connectivity index (χ0) is 13.3.